The van der Waals surface area contributed by atoms with Gasteiger partial charge in [-0.3, -0.25) is 9.59 Å². The van der Waals surface area contributed by atoms with Gasteiger partial charge in [-0.2, -0.15) is 0 Å². The smallest absolute Gasteiger partial charge is 0.242 e. The Bertz CT molecular complexity index is 778. The number of nitrogens with one attached hydrogen (secondary N) is 2. The molecule has 2 N–H and O–H groups in total. The molecule has 0 spiro atoms. The first-order chi connectivity index (χ1) is 12.2. The van der Waals surface area contributed by atoms with Crippen molar-refractivity contribution >= 4 is 11.8 Å². The molecule has 1 aromatic carbocycles. The number of nitrogens with zero attached hydrogens (tertiary/aromatic N) is 1. The molecule has 1 aromatic heterocycles. The van der Waals surface area contributed by atoms with Crippen LogP contribution in [-0.2, 0) is 16.1 Å². The van der Waals surface area contributed by atoms with Crippen LogP contribution in [0.15, 0.2) is 42.6 Å². The molecule has 1 atom stereocenters. The molecule has 7 nitrogen and oxygen atoms in total. The third kappa shape index (κ3) is 4.06. The summed E-state index contributed by atoms with van der Waals surface area (Å²) in [4.78, 5) is 27.6. The van der Waals surface area contributed by atoms with Crippen LogP contribution in [0.4, 0.5) is 0 Å². The quantitative estimate of drug-likeness (QED) is 0.836. The van der Waals surface area contributed by atoms with Gasteiger partial charge in [0.05, 0.1) is 7.11 Å². The van der Waals surface area contributed by atoms with Crippen LogP contribution in [0.2, 0.25) is 0 Å². The number of benzene rings is 1. The molecule has 2 aromatic rings. The fraction of sp³-hybridized carbons (Fsp3) is 0.278. The van der Waals surface area contributed by atoms with Crippen LogP contribution in [0.5, 0.6) is 17.4 Å². The number of pyridine rings is 1. The van der Waals surface area contributed by atoms with Crippen LogP contribution in [0.1, 0.15) is 18.4 Å². The van der Waals surface area contributed by atoms with Gasteiger partial charge < -0.3 is 20.1 Å². The van der Waals surface area contributed by atoms with Crippen molar-refractivity contribution in [1.82, 2.24) is 15.6 Å². The van der Waals surface area contributed by atoms with Gasteiger partial charge in [0, 0.05) is 24.7 Å². The average Bonchev–Trinajstić information content (AvgIpc) is 3.08. The van der Waals surface area contributed by atoms with Gasteiger partial charge in [-0.05, 0) is 24.6 Å². The van der Waals surface area contributed by atoms with Crippen LogP contribution >= 0.6 is 0 Å². The molecule has 25 heavy (non-hydrogen) atoms. The Morgan fingerprint density at radius 3 is 2.80 bits per heavy atom. The average molecular weight is 341 g/mol. The van der Waals surface area contributed by atoms with E-state index in [2.05, 4.69) is 15.6 Å². The van der Waals surface area contributed by atoms with Crippen molar-refractivity contribution in [3.63, 3.8) is 0 Å². The van der Waals surface area contributed by atoms with Gasteiger partial charge in [0.15, 0.2) is 11.5 Å². The highest BCUT2D eigenvalue weighted by atomic mass is 16.5. The third-order valence-corrected chi connectivity index (χ3v) is 3.89. The predicted molar refractivity (Wildman–Crippen MR) is 90.3 cm³/mol. The van der Waals surface area contributed by atoms with E-state index in [1.165, 1.54) is 0 Å². The highest BCUT2D eigenvalue weighted by Crippen LogP contribution is 2.31. The van der Waals surface area contributed by atoms with Crippen LogP contribution in [0.3, 0.4) is 0 Å². The molecule has 2 heterocycles. The maximum Gasteiger partial charge on any atom is 0.242 e. The summed E-state index contributed by atoms with van der Waals surface area (Å²) in [5, 5.41) is 5.46. The minimum atomic E-state index is -0.470. The van der Waals surface area contributed by atoms with Gasteiger partial charge in [0.2, 0.25) is 17.7 Å². The van der Waals surface area contributed by atoms with E-state index in [-0.39, 0.29) is 18.4 Å². The Morgan fingerprint density at radius 2 is 2.08 bits per heavy atom. The first kappa shape index (κ1) is 16.8. The zero-order valence-electron chi connectivity index (χ0n) is 13.8. The van der Waals surface area contributed by atoms with E-state index in [1.54, 1.807) is 31.5 Å². The standard InChI is InChI=1S/C18H19N3O4/c1-24-14-6-2-3-7-15(14)25-18-12(5-4-10-19-18)11-20-17(23)13-8-9-16(22)21-13/h2-7,10,13H,8-9,11H2,1H3,(H,20,23)(H,21,22)/t13-/m0/s1. The molecular formula is C18H19N3O4. The summed E-state index contributed by atoms with van der Waals surface area (Å²) >= 11 is 0. The van der Waals surface area contributed by atoms with Crippen molar-refractivity contribution in [3.05, 3.63) is 48.2 Å². The van der Waals surface area contributed by atoms with E-state index in [4.69, 9.17) is 9.47 Å². The zero-order chi connectivity index (χ0) is 17.6. The summed E-state index contributed by atoms with van der Waals surface area (Å²) in [5.74, 6) is 1.22. The number of carbonyl (C=O) groups is 2. The normalized spacial score (nSPS) is 16.2. The van der Waals surface area contributed by atoms with Crippen LogP contribution in [0, 0.1) is 0 Å². The van der Waals surface area contributed by atoms with Crippen molar-refractivity contribution in [1.29, 1.82) is 0 Å². The van der Waals surface area contributed by atoms with Crippen LogP contribution in [-0.4, -0.2) is 29.9 Å². The number of carbonyl (C=O) groups excluding carboxylic acids is 2. The second kappa shape index (κ2) is 7.65. The molecule has 130 valence electrons. The number of ether oxygens (including phenoxy) is 2. The Hall–Kier alpha value is -3.09. The van der Waals surface area contributed by atoms with E-state index in [9.17, 15) is 9.59 Å². The van der Waals surface area contributed by atoms with Crippen molar-refractivity contribution in [2.24, 2.45) is 0 Å². The Kier molecular flexibility index (Phi) is 5.13. The minimum absolute atomic E-state index is 0.0956. The number of methoxy groups -OCH3 is 1. The van der Waals surface area contributed by atoms with E-state index in [0.29, 0.717) is 30.2 Å². The molecule has 3 rings (SSSR count). The molecule has 2 amide bonds. The summed E-state index contributed by atoms with van der Waals surface area (Å²) in [6, 6.07) is 10.4. The first-order valence-corrected chi connectivity index (χ1v) is 7.99. The van der Waals surface area contributed by atoms with Crippen LogP contribution < -0.4 is 20.1 Å². The molecule has 1 aliphatic heterocycles. The van der Waals surface area contributed by atoms with Crippen molar-refractivity contribution in [2.45, 2.75) is 25.4 Å². The topological polar surface area (TPSA) is 89.6 Å². The fourth-order valence-electron chi connectivity index (χ4n) is 2.57. The fourth-order valence-corrected chi connectivity index (χ4v) is 2.57. The summed E-state index contributed by atoms with van der Waals surface area (Å²) < 4.78 is 11.1. The highest BCUT2D eigenvalue weighted by molar-refractivity contribution is 5.90. The molecule has 1 aliphatic rings. The lowest BCUT2D eigenvalue weighted by Crippen LogP contribution is -2.41. The molecule has 0 saturated carbocycles. The molecule has 1 saturated heterocycles. The van der Waals surface area contributed by atoms with Gasteiger partial charge in [0.25, 0.3) is 0 Å². The second-order valence-corrected chi connectivity index (χ2v) is 5.60. The lowest BCUT2D eigenvalue weighted by atomic mass is 10.2. The molecule has 0 bridgehead atoms. The maximum absolute atomic E-state index is 12.1. The zero-order valence-corrected chi connectivity index (χ0v) is 13.8. The SMILES string of the molecule is COc1ccccc1Oc1ncccc1CNC(=O)[C@@H]1CCC(=O)N1. The van der Waals surface area contributed by atoms with Gasteiger partial charge in [0.1, 0.15) is 6.04 Å². The largest absolute Gasteiger partial charge is 0.493 e. The second-order valence-electron chi connectivity index (χ2n) is 5.60. The van der Waals surface area contributed by atoms with E-state index in [1.807, 2.05) is 18.2 Å². The number of para-hydroxylation sites is 2. The summed E-state index contributed by atoms with van der Waals surface area (Å²) in [5.41, 5.74) is 0.728. The number of hydrogen-bond donors (Lipinski definition) is 2. The Labute approximate surface area is 145 Å². The van der Waals surface area contributed by atoms with Gasteiger partial charge >= 0.3 is 0 Å². The predicted octanol–water partition coefficient (Wildman–Crippen LogP) is 1.78. The lowest BCUT2D eigenvalue weighted by Gasteiger charge is -2.14. The van der Waals surface area contributed by atoms with Crippen LogP contribution in [0.25, 0.3) is 0 Å². The van der Waals surface area contributed by atoms with Crippen molar-refractivity contribution in [3.8, 4) is 17.4 Å². The van der Waals surface area contributed by atoms with Crippen molar-refractivity contribution in [2.75, 3.05) is 7.11 Å². The third-order valence-electron chi connectivity index (χ3n) is 3.89. The number of rotatable bonds is 6. The molecule has 1 fully saturated rings. The maximum atomic E-state index is 12.1. The van der Waals surface area contributed by atoms with Gasteiger partial charge in [-0.25, -0.2) is 4.98 Å². The molecular weight excluding hydrogens is 322 g/mol. The molecule has 7 heteroatoms. The highest BCUT2D eigenvalue weighted by Gasteiger charge is 2.27. The summed E-state index contributed by atoms with van der Waals surface area (Å²) in [6.45, 7) is 0.253. The van der Waals surface area contributed by atoms with Gasteiger partial charge in [-0.1, -0.05) is 18.2 Å². The van der Waals surface area contributed by atoms with E-state index in [0.717, 1.165) is 5.56 Å². The van der Waals surface area contributed by atoms with Crippen molar-refractivity contribution < 1.29 is 19.1 Å². The lowest BCUT2D eigenvalue weighted by molar-refractivity contribution is -0.125. The molecule has 0 unspecified atom stereocenters. The monoisotopic (exact) mass is 341 g/mol. The molecule has 0 aliphatic carbocycles. The summed E-state index contributed by atoms with van der Waals surface area (Å²) in [7, 11) is 1.57. The summed E-state index contributed by atoms with van der Waals surface area (Å²) in [6.07, 6.45) is 2.52. The Morgan fingerprint density at radius 1 is 1.28 bits per heavy atom. The Balaban J connectivity index is 1.68. The van der Waals surface area contributed by atoms with E-state index >= 15 is 0 Å². The molecule has 0 radical (unpaired) electrons. The minimum Gasteiger partial charge on any atom is -0.493 e. The van der Waals surface area contributed by atoms with Gasteiger partial charge in [-0.15, -0.1) is 0 Å². The first-order valence-electron chi connectivity index (χ1n) is 7.99. The number of amides is 2. The van der Waals surface area contributed by atoms with E-state index < -0.39 is 6.04 Å². The number of aromatic nitrogens is 1. The number of hydrogen-bond acceptors (Lipinski definition) is 5.